The third-order valence-corrected chi connectivity index (χ3v) is 2.67. The van der Waals surface area contributed by atoms with Crippen LogP contribution in [0.4, 0.5) is 0 Å². The fourth-order valence-electron chi connectivity index (χ4n) is 2.04. The summed E-state index contributed by atoms with van der Waals surface area (Å²) in [5.41, 5.74) is 3.73. The molecule has 0 fully saturated rings. The largest absolute Gasteiger partial charge is 0.314 e. The average Bonchev–Trinajstić information content (AvgIpc) is 2.55. The fourth-order valence-corrected chi connectivity index (χ4v) is 2.04. The van der Waals surface area contributed by atoms with Gasteiger partial charge in [-0.15, -0.1) is 6.42 Å². The number of aryl methyl sites for hydroxylation is 1. The van der Waals surface area contributed by atoms with Gasteiger partial charge in [-0.25, -0.2) is 0 Å². The van der Waals surface area contributed by atoms with Gasteiger partial charge in [0, 0.05) is 11.9 Å². The summed E-state index contributed by atoms with van der Waals surface area (Å²) in [5, 5.41) is 0. The van der Waals surface area contributed by atoms with Gasteiger partial charge in [0.1, 0.15) is 0 Å². The molecule has 2 rings (SSSR count). The molecule has 13 heavy (non-hydrogen) atoms. The summed E-state index contributed by atoms with van der Waals surface area (Å²) in [4.78, 5) is 0. The molecule has 0 saturated heterocycles. The molecule has 0 radical (unpaired) electrons. The normalized spacial score (nSPS) is 14.7. The summed E-state index contributed by atoms with van der Waals surface area (Å²) < 4.78 is 2.05. The smallest absolute Gasteiger partial charge is 0.0962 e. The predicted molar refractivity (Wildman–Crippen MR) is 55.4 cm³/mol. The molecular weight excluding hydrogens is 158 g/mol. The van der Waals surface area contributed by atoms with Gasteiger partial charge in [0.2, 0.25) is 0 Å². The molecule has 0 atom stereocenters. The summed E-state index contributed by atoms with van der Waals surface area (Å²) in [6.07, 6.45) is 12.1. The lowest BCUT2D eigenvalue weighted by atomic mass is 9.98. The van der Waals surface area contributed by atoms with Crippen LogP contribution >= 0.6 is 0 Å². The zero-order valence-corrected chi connectivity index (χ0v) is 7.71. The molecular formula is C12H13N. The van der Waals surface area contributed by atoms with E-state index in [9.17, 15) is 0 Å². The molecule has 66 valence electrons. The van der Waals surface area contributed by atoms with E-state index in [0.29, 0.717) is 0 Å². The van der Waals surface area contributed by atoms with E-state index >= 15 is 0 Å². The minimum Gasteiger partial charge on any atom is -0.314 e. The summed E-state index contributed by atoms with van der Waals surface area (Å²) in [6, 6.07) is 2.12. The molecule has 1 aliphatic carbocycles. The molecule has 0 aliphatic heterocycles. The maximum atomic E-state index is 5.42. The van der Waals surface area contributed by atoms with E-state index < -0.39 is 0 Å². The first kappa shape index (κ1) is 8.19. The van der Waals surface area contributed by atoms with Crippen LogP contribution in [0.15, 0.2) is 12.6 Å². The predicted octanol–water partition coefficient (Wildman–Crippen LogP) is 2.45. The van der Waals surface area contributed by atoms with Crippen molar-refractivity contribution in [2.75, 3.05) is 0 Å². The first-order valence-electron chi connectivity index (χ1n) is 4.69. The quantitative estimate of drug-likeness (QED) is 0.572. The van der Waals surface area contributed by atoms with E-state index in [0.717, 1.165) is 12.1 Å². The van der Waals surface area contributed by atoms with Gasteiger partial charge in [0.05, 0.1) is 5.69 Å². The van der Waals surface area contributed by atoms with E-state index in [-0.39, 0.29) is 0 Å². The molecule has 0 spiro atoms. The molecule has 1 aromatic heterocycles. The van der Waals surface area contributed by atoms with Gasteiger partial charge in [-0.2, -0.15) is 0 Å². The van der Waals surface area contributed by atoms with E-state index in [1.165, 1.54) is 30.5 Å². The number of rotatable bonds is 1. The fraction of sp³-hybridized carbons (Fsp3) is 0.333. The Morgan fingerprint density at radius 1 is 1.46 bits per heavy atom. The number of hydrogen-bond donors (Lipinski definition) is 0. The number of fused-ring (bicyclic) bond motifs is 1. The molecule has 1 nitrogen and oxygen atoms in total. The molecule has 0 aromatic carbocycles. The van der Waals surface area contributed by atoms with Gasteiger partial charge in [-0.05, 0) is 37.3 Å². The minimum absolute atomic E-state index is 0.946. The minimum atomic E-state index is 0.946. The molecule has 1 heteroatoms. The highest BCUT2D eigenvalue weighted by Gasteiger charge is 2.15. The van der Waals surface area contributed by atoms with Gasteiger partial charge in [-0.3, -0.25) is 0 Å². The molecule has 1 aliphatic rings. The van der Waals surface area contributed by atoms with E-state index in [1.54, 1.807) is 0 Å². The Morgan fingerprint density at radius 3 is 2.92 bits per heavy atom. The van der Waals surface area contributed by atoms with Crippen molar-refractivity contribution in [3.8, 4) is 12.3 Å². The van der Waals surface area contributed by atoms with Gasteiger partial charge in [-0.1, -0.05) is 12.5 Å². The highest BCUT2D eigenvalue weighted by atomic mass is 15.0. The van der Waals surface area contributed by atoms with Gasteiger partial charge < -0.3 is 4.57 Å². The molecule has 1 heterocycles. The van der Waals surface area contributed by atoms with Crippen LogP contribution in [0.3, 0.4) is 0 Å². The topological polar surface area (TPSA) is 4.93 Å². The van der Waals surface area contributed by atoms with E-state index in [4.69, 9.17) is 6.42 Å². The van der Waals surface area contributed by atoms with Gasteiger partial charge in [0.25, 0.3) is 0 Å². The Bertz CT molecular complexity index is 377. The number of hydrogen-bond acceptors (Lipinski definition) is 0. The first-order chi connectivity index (χ1) is 6.36. The molecule has 0 saturated carbocycles. The summed E-state index contributed by atoms with van der Waals surface area (Å²) in [5.74, 6) is 2.70. The van der Waals surface area contributed by atoms with Gasteiger partial charge >= 0.3 is 0 Å². The van der Waals surface area contributed by atoms with E-state index in [1.807, 2.05) is 6.20 Å². The number of terminal acetylenes is 1. The highest BCUT2D eigenvalue weighted by Crippen LogP contribution is 2.24. The van der Waals surface area contributed by atoms with Crippen LogP contribution in [0.5, 0.6) is 0 Å². The lowest BCUT2D eigenvalue weighted by Crippen LogP contribution is -2.04. The number of nitrogens with zero attached hydrogens (tertiary/aromatic N) is 1. The van der Waals surface area contributed by atoms with Crippen molar-refractivity contribution >= 4 is 6.20 Å². The van der Waals surface area contributed by atoms with Crippen molar-refractivity contribution in [3.05, 3.63) is 29.6 Å². The van der Waals surface area contributed by atoms with Crippen LogP contribution in [-0.2, 0) is 12.8 Å². The average molecular weight is 171 g/mol. The Labute approximate surface area is 79.1 Å². The van der Waals surface area contributed by atoms with Crippen LogP contribution in [0.1, 0.15) is 29.8 Å². The van der Waals surface area contributed by atoms with Crippen LogP contribution in [0.25, 0.3) is 6.20 Å². The first-order valence-corrected chi connectivity index (χ1v) is 4.69. The lowest BCUT2D eigenvalue weighted by molar-refractivity contribution is 0.667. The maximum absolute atomic E-state index is 5.42. The monoisotopic (exact) mass is 171 g/mol. The van der Waals surface area contributed by atoms with Crippen molar-refractivity contribution in [2.45, 2.75) is 25.7 Å². The van der Waals surface area contributed by atoms with Crippen molar-refractivity contribution in [1.29, 1.82) is 0 Å². The molecule has 1 aromatic rings. The number of aromatic nitrogens is 1. The Hall–Kier alpha value is -1.42. The second-order valence-corrected chi connectivity index (χ2v) is 3.41. The van der Waals surface area contributed by atoms with Crippen molar-refractivity contribution in [3.63, 3.8) is 0 Å². The molecule has 0 unspecified atom stereocenters. The van der Waals surface area contributed by atoms with Crippen LogP contribution in [-0.4, -0.2) is 4.57 Å². The second kappa shape index (κ2) is 3.14. The SMILES string of the molecule is C#Cc1cc2c(n1C=C)CCCC2. The zero-order chi connectivity index (χ0) is 9.26. The second-order valence-electron chi connectivity index (χ2n) is 3.41. The maximum Gasteiger partial charge on any atom is 0.0962 e. The third kappa shape index (κ3) is 1.19. The van der Waals surface area contributed by atoms with E-state index in [2.05, 4.69) is 23.1 Å². The van der Waals surface area contributed by atoms with Crippen molar-refractivity contribution < 1.29 is 0 Å². The molecule has 0 amide bonds. The van der Waals surface area contributed by atoms with Crippen LogP contribution < -0.4 is 0 Å². The summed E-state index contributed by atoms with van der Waals surface area (Å²) >= 11 is 0. The summed E-state index contributed by atoms with van der Waals surface area (Å²) in [6.45, 7) is 3.79. The van der Waals surface area contributed by atoms with Crippen LogP contribution in [0.2, 0.25) is 0 Å². The van der Waals surface area contributed by atoms with Gasteiger partial charge in [0.15, 0.2) is 0 Å². The van der Waals surface area contributed by atoms with Crippen LogP contribution in [0, 0.1) is 12.3 Å². The Morgan fingerprint density at radius 2 is 2.23 bits per heavy atom. The van der Waals surface area contributed by atoms with Crippen molar-refractivity contribution in [1.82, 2.24) is 4.57 Å². The lowest BCUT2D eigenvalue weighted by Gasteiger charge is -2.12. The third-order valence-electron chi connectivity index (χ3n) is 2.67. The molecule has 0 N–H and O–H groups in total. The zero-order valence-electron chi connectivity index (χ0n) is 7.71. The van der Waals surface area contributed by atoms with Crippen molar-refractivity contribution in [2.24, 2.45) is 0 Å². The standard InChI is InChI=1S/C12H13N/c1-3-11-9-10-7-5-6-8-12(10)13(11)4-2/h1,4,9H,2,5-8H2. The Kier molecular flexibility index (Phi) is 1.98. The molecule has 0 bridgehead atoms. The summed E-state index contributed by atoms with van der Waals surface area (Å²) in [7, 11) is 0. The Balaban J connectivity index is 2.58. The highest BCUT2D eigenvalue weighted by molar-refractivity contribution is 5.44.